The van der Waals surface area contributed by atoms with Crippen LogP contribution in [0.4, 0.5) is 4.39 Å². The molecule has 1 fully saturated rings. The van der Waals surface area contributed by atoms with E-state index in [0.29, 0.717) is 23.6 Å². The third-order valence-electron chi connectivity index (χ3n) is 5.29. The van der Waals surface area contributed by atoms with Crippen LogP contribution in [-0.2, 0) is 7.05 Å². The summed E-state index contributed by atoms with van der Waals surface area (Å²) in [7, 11) is 1.94. The van der Waals surface area contributed by atoms with E-state index >= 15 is 0 Å². The average molecular weight is 382 g/mol. The summed E-state index contributed by atoms with van der Waals surface area (Å²) >= 11 is 0. The van der Waals surface area contributed by atoms with Crippen LogP contribution in [0.5, 0.6) is 0 Å². The summed E-state index contributed by atoms with van der Waals surface area (Å²) < 4.78 is 16.9. The Morgan fingerprint density at radius 3 is 2.64 bits per heavy atom. The van der Waals surface area contributed by atoms with Gasteiger partial charge in [0, 0.05) is 26.1 Å². The Balaban J connectivity index is 1.60. The topological polar surface area (TPSA) is 56.3 Å². The molecule has 0 aliphatic carbocycles. The SMILES string of the molecule is Cn1cccc1-c1cc(C(=O)NCC[NH+]2CCCC2)n(-c2ccc(F)cc2)n1. The first kappa shape index (κ1) is 18.4. The second-order valence-electron chi connectivity index (χ2n) is 7.27. The predicted molar refractivity (Wildman–Crippen MR) is 105 cm³/mol. The summed E-state index contributed by atoms with van der Waals surface area (Å²) in [6, 6.07) is 11.7. The number of halogens is 1. The summed E-state index contributed by atoms with van der Waals surface area (Å²) in [4.78, 5) is 14.4. The van der Waals surface area contributed by atoms with Crippen molar-refractivity contribution in [3.8, 4) is 17.1 Å². The number of aromatic nitrogens is 3. The lowest BCUT2D eigenvalue weighted by molar-refractivity contribution is -0.886. The molecule has 0 atom stereocenters. The Kier molecular flexibility index (Phi) is 5.25. The van der Waals surface area contributed by atoms with E-state index in [4.69, 9.17) is 0 Å². The minimum Gasteiger partial charge on any atom is -0.349 e. The third-order valence-corrected chi connectivity index (χ3v) is 5.29. The molecule has 0 unspecified atom stereocenters. The fourth-order valence-electron chi connectivity index (χ4n) is 3.74. The third kappa shape index (κ3) is 3.84. The summed E-state index contributed by atoms with van der Waals surface area (Å²) in [6.07, 6.45) is 4.46. The van der Waals surface area contributed by atoms with E-state index in [1.807, 2.05) is 29.9 Å². The Morgan fingerprint density at radius 1 is 1.21 bits per heavy atom. The van der Waals surface area contributed by atoms with Gasteiger partial charge in [-0.15, -0.1) is 0 Å². The van der Waals surface area contributed by atoms with Crippen molar-refractivity contribution in [2.24, 2.45) is 7.05 Å². The summed E-state index contributed by atoms with van der Waals surface area (Å²) in [6.45, 7) is 3.92. The molecule has 1 aliphatic heterocycles. The number of nitrogens with one attached hydrogen (secondary N) is 2. The zero-order valence-electron chi connectivity index (χ0n) is 16.0. The number of rotatable bonds is 6. The molecule has 1 saturated heterocycles. The minimum atomic E-state index is -0.321. The van der Waals surface area contributed by atoms with Crippen molar-refractivity contribution in [3.05, 3.63) is 60.2 Å². The second-order valence-corrected chi connectivity index (χ2v) is 7.27. The number of benzene rings is 1. The number of hydrogen-bond acceptors (Lipinski definition) is 2. The quantitative estimate of drug-likeness (QED) is 0.678. The fourth-order valence-corrected chi connectivity index (χ4v) is 3.74. The van der Waals surface area contributed by atoms with Gasteiger partial charge in [-0.25, -0.2) is 9.07 Å². The van der Waals surface area contributed by atoms with E-state index in [1.165, 1.54) is 43.0 Å². The fraction of sp³-hybridized carbons (Fsp3) is 0.333. The molecule has 3 aromatic rings. The predicted octanol–water partition coefficient (Wildman–Crippen LogP) is 1.43. The maximum Gasteiger partial charge on any atom is 0.270 e. The smallest absolute Gasteiger partial charge is 0.270 e. The molecular weight excluding hydrogens is 357 g/mol. The molecular formula is C21H25FN5O+. The highest BCUT2D eigenvalue weighted by Gasteiger charge is 2.20. The number of quaternary nitrogens is 1. The molecule has 4 rings (SSSR count). The normalized spacial score (nSPS) is 14.5. The molecule has 0 radical (unpaired) electrons. The van der Waals surface area contributed by atoms with Gasteiger partial charge in [0.2, 0.25) is 0 Å². The standard InChI is InChI=1S/C21H24FN5O/c1-25-11-4-5-19(25)18-15-20(21(28)23-10-14-26-12-2-3-13-26)27(24-18)17-8-6-16(22)7-9-17/h4-9,11,15H,2-3,10,12-14H2,1H3,(H,23,28)/p+1. The highest BCUT2D eigenvalue weighted by atomic mass is 19.1. The molecule has 0 saturated carbocycles. The molecule has 0 spiro atoms. The average Bonchev–Trinajstić information content (AvgIpc) is 3.42. The monoisotopic (exact) mass is 382 g/mol. The number of nitrogens with zero attached hydrogens (tertiary/aromatic N) is 3. The molecule has 2 aromatic heterocycles. The second kappa shape index (κ2) is 7.98. The maximum atomic E-state index is 13.3. The van der Waals surface area contributed by atoms with Gasteiger partial charge in [0.1, 0.15) is 17.2 Å². The highest BCUT2D eigenvalue weighted by Crippen LogP contribution is 2.22. The van der Waals surface area contributed by atoms with E-state index in [-0.39, 0.29) is 11.7 Å². The van der Waals surface area contributed by atoms with Crippen molar-refractivity contribution in [3.63, 3.8) is 0 Å². The van der Waals surface area contributed by atoms with E-state index < -0.39 is 0 Å². The van der Waals surface area contributed by atoms with Gasteiger partial charge < -0.3 is 14.8 Å². The van der Waals surface area contributed by atoms with Gasteiger partial charge in [-0.1, -0.05) is 0 Å². The Hall–Kier alpha value is -2.93. The number of carbonyl (C=O) groups is 1. The van der Waals surface area contributed by atoms with Gasteiger partial charge in [-0.3, -0.25) is 4.79 Å². The van der Waals surface area contributed by atoms with Crippen LogP contribution in [0.3, 0.4) is 0 Å². The maximum absolute atomic E-state index is 13.3. The molecule has 146 valence electrons. The molecule has 2 N–H and O–H groups in total. The van der Waals surface area contributed by atoms with Crippen LogP contribution >= 0.6 is 0 Å². The van der Waals surface area contributed by atoms with Crippen molar-refractivity contribution in [2.45, 2.75) is 12.8 Å². The molecule has 1 aromatic carbocycles. The van der Waals surface area contributed by atoms with Gasteiger partial charge in [0.25, 0.3) is 5.91 Å². The van der Waals surface area contributed by atoms with Gasteiger partial charge in [-0.05, 0) is 42.5 Å². The van der Waals surface area contributed by atoms with Gasteiger partial charge >= 0.3 is 0 Å². The lowest BCUT2D eigenvalue weighted by atomic mass is 10.2. The van der Waals surface area contributed by atoms with Crippen LogP contribution in [-0.4, -0.2) is 46.4 Å². The number of carbonyl (C=O) groups excluding carboxylic acids is 1. The molecule has 28 heavy (non-hydrogen) atoms. The van der Waals surface area contributed by atoms with E-state index in [0.717, 1.165) is 12.2 Å². The molecule has 0 bridgehead atoms. The van der Waals surface area contributed by atoms with E-state index in [1.54, 1.807) is 22.9 Å². The van der Waals surface area contributed by atoms with Crippen molar-refractivity contribution in [1.82, 2.24) is 19.7 Å². The molecule has 3 heterocycles. The molecule has 1 aliphatic rings. The van der Waals surface area contributed by atoms with Crippen LogP contribution in [0.25, 0.3) is 17.1 Å². The Bertz CT molecular complexity index is 954. The first-order valence-electron chi connectivity index (χ1n) is 9.71. The van der Waals surface area contributed by atoms with E-state index in [9.17, 15) is 9.18 Å². The van der Waals surface area contributed by atoms with E-state index in [2.05, 4.69) is 10.4 Å². The van der Waals surface area contributed by atoms with Crippen LogP contribution in [0, 0.1) is 5.82 Å². The molecule has 1 amide bonds. The van der Waals surface area contributed by atoms with Crippen LogP contribution in [0.15, 0.2) is 48.7 Å². The molecule has 6 nitrogen and oxygen atoms in total. The molecule has 7 heteroatoms. The lowest BCUT2D eigenvalue weighted by Gasteiger charge is -2.13. The van der Waals surface area contributed by atoms with Crippen molar-refractivity contribution >= 4 is 5.91 Å². The zero-order chi connectivity index (χ0) is 19.5. The number of amides is 1. The van der Waals surface area contributed by atoms with Crippen molar-refractivity contribution in [2.75, 3.05) is 26.2 Å². The largest absolute Gasteiger partial charge is 0.349 e. The number of aryl methyl sites for hydroxylation is 1. The summed E-state index contributed by atoms with van der Waals surface area (Å²) in [5, 5.41) is 7.65. The van der Waals surface area contributed by atoms with Crippen LogP contribution in [0.1, 0.15) is 23.3 Å². The van der Waals surface area contributed by atoms with Crippen LogP contribution < -0.4 is 10.2 Å². The summed E-state index contributed by atoms with van der Waals surface area (Å²) in [5.41, 5.74) is 2.71. The van der Waals surface area contributed by atoms with Gasteiger partial charge in [-0.2, -0.15) is 5.10 Å². The number of likely N-dealkylation sites (tertiary alicyclic amines) is 1. The highest BCUT2D eigenvalue weighted by molar-refractivity contribution is 5.94. The lowest BCUT2D eigenvalue weighted by Crippen LogP contribution is -3.10. The Labute approximate surface area is 163 Å². The first-order valence-corrected chi connectivity index (χ1v) is 9.71. The van der Waals surface area contributed by atoms with Crippen molar-refractivity contribution < 1.29 is 14.1 Å². The van der Waals surface area contributed by atoms with Gasteiger partial charge in [0.15, 0.2) is 0 Å². The minimum absolute atomic E-state index is 0.170. The zero-order valence-corrected chi connectivity index (χ0v) is 16.0. The summed E-state index contributed by atoms with van der Waals surface area (Å²) in [5.74, 6) is -0.492. The number of hydrogen-bond donors (Lipinski definition) is 2. The van der Waals surface area contributed by atoms with Crippen molar-refractivity contribution in [1.29, 1.82) is 0 Å². The Morgan fingerprint density at radius 2 is 1.96 bits per heavy atom. The first-order chi connectivity index (χ1) is 13.6. The van der Waals surface area contributed by atoms with Crippen LogP contribution in [0.2, 0.25) is 0 Å². The van der Waals surface area contributed by atoms with Gasteiger partial charge in [0.05, 0.1) is 37.6 Å².